The minimum absolute atomic E-state index is 0.355. The molecule has 0 heterocycles. The molecule has 0 aliphatic heterocycles. The molecule has 0 aliphatic rings. The van der Waals surface area contributed by atoms with Gasteiger partial charge >= 0.3 is 0 Å². The van der Waals surface area contributed by atoms with E-state index in [2.05, 4.69) is 5.32 Å². The Morgan fingerprint density at radius 3 is 2.40 bits per heavy atom. The molecule has 2 aromatic rings. The van der Waals surface area contributed by atoms with Crippen molar-refractivity contribution in [3.05, 3.63) is 65.7 Å². The summed E-state index contributed by atoms with van der Waals surface area (Å²) in [5.41, 5.74) is 6.55. The quantitative estimate of drug-likeness (QED) is 0.894. The summed E-state index contributed by atoms with van der Waals surface area (Å²) in [5.74, 6) is -0.355. The third kappa shape index (κ3) is 2.68. The molecule has 20 heavy (non-hydrogen) atoms. The van der Waals surface area contributed by atoms with Crippen LogP contribution in [0.2, 0.25) is 0 Å². The highest BCUT2D eigenvalue weighted by Crippen LogP contribution is 2.21. The van der Waals surface area contributed by atoms with Crippen molar-refractivity contribution in [3.63, 3.8) is 0 Å². The molecule has 0 aromatic heterocycles. The van der Waals surface area contributed by atoms with E-state index in [4.69, 9.17) is 11.0 Å². The summed E-state index contributed by atoms with van der Waals surface area (Å²) < 4.78 is 0. The molecule has 0 fully saturated rings. The lowest BCUT2D eigenvalue weighted by Gasteiger charge is -2.24. The minimum atomic E-state index is -1.16. The number of anilines is 1. The maximum absolute atomic E-state index is 12.4. The molecule has 1 atom stereocenters. The summed E-state index contributed by atoms with van der Waals surface area (Å²) in [6.07, 6.45) is 0. The molecule has 1 amide bonds. The van der Waals surface area contributed by atoms with Crippen LogP contribution in [0.25, 0.3) is 0 Å². The Morgan fingerprint density at radius 2 is 1.75 bits per heavy atom. The Hall–Kier alpha value is -2.64. The molecule has 1 unspecified atom stereocenters. The van der Waals surface area contributed by atoms with Crippen molar-refractivity contribution in [1.82, 2.24) is 0 Å². The van der Waals surface area contributed by atoms with Crippen LogP contribution in [-0.2, 0) is 10.3 Å². The van der Waals surface area contributed by atoms with Crippen LogP contribution in [0.5, 0.6) is 0 Å². The monoisotopic (exact) mass is 265 g/mol. The Bertz CT molecular complexity index is 657. The van der Waals surface area contributed by atoms with Gasteiger partial charge in [-0.25, -0.2) is 0 Å². The average Bonchev–Trinajstić information content (AvgIpc) is 2.48. The number of nitriles is 1. The van der Waals surface area contributed by atoms with Crippen molar-refractivity contribution in [2.24, 2.45) is 5.73 Å². The number of rotatable bonds is 3. The maximum atomic E-state index is 12.4. The van der Waals surface area contributed by atoms with E-state index >= 15 is 0 Å². The number of hydrogen-bond acceptors (Lipinski definition) is 3. The summed E-state index contributed by atoms with van der Waals surface area (Å²) >= 11 is 0. The van der Waals surface area contributed by atoms with Crippen molar-refractivity contribution in [2.45, 2.75) is 12.5 Å². The summed E-state index contributed by atoms with van der Waals surface area (Å²) in [6, 6.07) is 18.0. The molecule has 4 heteroatoms. The molecule has 100 valence electrons. The van der Waals surface area contributed by atoms with Crippen LogP contribution < -0.4 is 11.1 Å². The predicted molar refractivity (Wildman–Crippen MR) is 77.8 cm³/mol. The number of carbonyl (C=O) groups excluding carboxylic acids is 1. The van der Waals surface area contributed by atoms with Crippen LogP contribution in [0.3, 0.4) is 0 Å². The third-order valence-electron chi connectivity index (χ3n) is 3.14. The number of para-hydroxylation sites is 1. The van der Waals surface area contributed by atoms with Crippen molar-refractivity contribution >= 4 is 11.6 Å². The van der Waals surface area contributed by atoms with Crippen molar-refractivity contribution in [2.75, 3.05) is 5.32 Å². The topological polar surface area (TPSA) is 78.9 Å². The number of nitrogens with one attached hydrogen (secondary N) is 1. The van der Waals surface area contributed by atoms with Crippen LogP contribution in [0, 0.1) is 11.3 Å². The van der Waals surface area contributed by atoms with Gasteiger partial charge in [0.1, 0.15) is 11.6 Å². The van der Waals surface area contributed by atoms with Gasteiger partial charge in [-0.05, 0) is 24.6 Å². The SMILES string of the molecule is CC(N)(C(=O)Nc1ccccc1C#N)c1ccccc1. The molecule has 0 aliphatic carbocycles. The first-order chi connectivity index (χ1) is 9.55. The van der Waals surface area contributed by atoms with Gasteiger partial charge in [-0.3, -0.25) is 4.79 Å². The number of nitrogens with zero attached hydrogens (tertiary/aromatic N) is 1. The smallest absolute Gasteiger partial charge is 0.248 e. The average molecular weight is 265 g/mol. The Balaban J connectivity index is 2.26. The number of hydrogen-bond donors (Lipinski definition) is 2. The minimum Gasteiger partial charge on any atom is -0.323 e. The lowest BCUT2D eigenvalue weighted by molar-refractivity contribution is -0.120. The molecule has 3 N–H and O–H groups in total. The van der Waals surface area contributed by atoms with E-state index < -0.39 is 5.54 Å². The lowest BCUT2D eigenvalue weighted by atomic mass is 9.92. The summed E-state index contributed by atoms with van der Waals surface area (Å²) in [7, 11) is 0. The van der Waals surface area contributed by atoms with Gasteiger partial charge in [0, 0.05) is 0 Å². The Morgan fingerprint density at radius 1 is 1.15 bits per heavy atom. The molecule has 0 spiro atoms. The van der Waals surface area contributed by atoms with E-state index in [0.29, 0.717) is 16.8 Å². The predicted octanol–water partition coefficient (Wildman–Crippen LogP) is 2.37. The highest BCUT2D eigenvalue weighted by Gasteiger charge is 2.30. The van der Waals surface area contributed by atoms with Gasteiger partial charge in [0.05, 0.1) is 11.3 Å². The zero-order valence-electron chi connectivity index (χ0n) is 11.1. The third-order valence-corrected chi connectivity index (χ3v) is 3.14. The first-order valence-electron chi connectivity index (χ1n) is 6.20. The molecular formula is C16H15N3O. The van der Waals surface area contributed by atoms with Crippen LogP contribution in [0.4, 0.5) is 5.69 Å². The Kier molecular flexibility index (Phi) is 3.83. The second-order valence-electron chi connectivity index (χ2n) is 4.68. The van der Waals surface area contributed by atoms with Gasteiger partial charge in [0.2, 0.25) is 5.91 Å². The maximum Gasteiger partial charge on any atom is 0.248 e. The van der Waals surface area contributed by atoms with Gasteiger partial charge in [-0.2, -0.15) is 5.26 Å². The summed E-state index contributed by atoms with van der Waals surface area (Å²) in [5, 5.41) is 11.7. The van der Waals surface area contributed by atoms with Gasteiger partial charge in [0.15, 0.2) is 0 Å². The fraction of sp³-hybridized carbons (Fsp3) is 0.125. The second-order valence-corrected chi connectivity index (χ2v) is 4.68. The van der Waals surface area contributed by atoms with Gasteiger partial charge in [-0.15, -0.1) is 0 Å². The van der Waals surface area contributed by atoms with Gasteiger partial charge in [0.25, 0.3) is 0 Å². The molecule has 0 saturated heterocycles. The standard InChI is InChI=1S/C16H15N3O/c1-16(18,13-8-3-2-4-9-13)15(20)19-14-10-6-5-7-12(14)11-17/h2-10H,18H2,1H3,(H,19,20). The molecule has 2 rings (SSSR count). The second kappa shape index (κ2) is 5.55. The first-order valence-corrected chi connectivity index (χ1v) is 6.20. The highest BCUT2D eigenvalue weighted by atomic mass is 16.2. The zero-order valence-corrected chi connectivity index (χ0v) is 11.1. The Labute approximate surface area is 117 Å². The lowest BCUT2D eigenvalue weighted by Crippen LogP contribution is -2.45. The molecule has 0 radical (unpaired) electrons. The van der Waals surface area contributed by atoms with Gasteiger partial charge in [-0.1, -0.05) is 42.5 Å². The van der Waals surface area contributed by atoms with Crippen molar-refractivity contribution in [3.8, 4) is 6.07 Å². The van der Waals surface area contributed by atoms with Crippen LogP contribution in [-0.4, -0.2) is 5.91 Å². The molecule has 0 bridgehead atoms. The number of carbonyl (C=O) groups is 1. The molecule has 0 saturated carbocycles. The summed E-state index contributed by atoms with van der Waals surface area (Å²) in [6.45, 7) is 1.65. The molecule has 2 aromatic carbocycles. The fourth-order valence-corrected chi connectivity index (χ4v) is 1.86. The highest BCUT2D eigenvalue weighted by molar-refractivity contribution is 5.99. The normalized spacial score (nSPS) is 13.1. The van der Waals surface area contributed by atoms with E-state index in [9.17, 15) is 4.79 Å². The van der Waals surface area contributed by atoms with E-state index in [0.717, 1.165) is 0 Å². The van der Waals surface area contributed by atoms with Crippen LogP contribution >= 0.6 is 0 Å². The number of amides is 1. The van der Waals surface area contributed by atoms with E-state index in [-0.39, 0.29) is 5.91 Å². The number of nitrogens with two attached hydrogens (primary N) is 1. The van der Waals surface area contributed by atoms with Crippen LogP contribution in [0.15, 0.2) is 54.6 Å². The van der Waals surface area contributed by atoms with E-state index in [1.165, 1.54) is 0 Å². The first kappa shape index (κ1) is 13.8. The van der Waals surface area contributed by atoms with Crippen molar-refractivity contribution in [1.29, 1.82) is 5.26 Å². The molecular weight excluding hydrogens is 250 g/mol. The largest absolute Gasteiger partial charge is 0.323 e. The van der Waals surface area contributed by atoms with Crippen LogP contribution in [0.1, 0.15) is 18.1 Å². The fourth-order valence-electron chi connectivity index (χ4n) is 1.86. The zero-order chi connectivity index (χ0) is 14.6. The molecule has 4 nitrogen and oxygen atoms in total. The van der Waals surface area contributed by atoms with Gasteiger partial charge < -0.3 is 11.1 Å². The van der Waals surface area contributed by atoms with Crippen molar-refractivity contribution < 1.29 is 4.79 Å². The van der Waals surface area contributed by atoms with E-state index in [1.807, 2.05) is 24.3 Å². The summed E-state index contributed by atoms with van der Waals surface area (Å²) in [4.78, 5) is 12.4. The number of benzene rings is 2. The van der Waals surface area contributed by atoms with E-state index in [1.54, 1.807) is 43.3 Å².